The Morgan fingerprint density at radius 3 is 2.45 bits per heavy atom. The van der Waals surface area contributed by atoms with Crippen LogP contribution < -0.4 is 10.6 Å². The van der Waals surface area contributed by atoms with Crippen LogP contribution in [0.5, 0.6) is 0 Å². The van der Waals surface area contributed by atoms with Gasteiger partial charge in [0.1, 0.15) is 19.5 Å². The SMILES string of the molecule is CNc1ncc2cc(-c3cc(NC(=O)c4ccnc(C(F)(F)F)c4)ccc3C)c(C#C[Si](C)(C)C)nc2n1. The highest BCUT2D eigenvalue weighted by Gasteiger charge is 2.33. The standard InChI is InChI=1S/C27H25F3N6OSi/c1-16-6-7-19(34-25(37)17-8-10-32-23(13-17)27(28,29)30)14-20(16)21-12-18-15-33-26(31-2)36-24(18)35-22(21)9-11-38(3,4)5/h6-8,10,12-15H,1-5H3,(H,34,37)(H,31,33,35,36). The van der Waals surface area contributed by atoms with E-state index in [4.69, 9.17) is 4.98 Å². The van der Waals surface area contributed by atoms with Gasteiger partial charge in [-0.2, -0.15) is 18.2 Å². The van der Waals surface area contributed by atoms with E-state index in [0.29, 0.717) is 28.4 Å². The predicted octanol–water partition coefficient (Wildman–Crippen LogP) is 5.94. The molecule has 3 heterocycles. The van der Waals surface area contributed by atoms with Crippen LogP contribution in [0.2, 0.25) is 19.6 Å². The number of fused-ring (bicyclic) bond motifs is 1. The molecular formula is C27H25F3N6OSi. The maximum atomic E-state index is 13.0. The number of nitrogens with zero attached hydrogens (tertiary/aromatic N) is 4. The van der Waals surface area contributed by atoms with Crippen LogP contribution in [-0.2, 0) is 6.18 Å². The van der Waals surface area contributed by atoms with Crippen LogP contribution in [0.1, 0.15) is 27.3 Å². The third-order valence-electron chi connectivity index (χ3n) is 5.45. The van der Waals surface area contributed by atoms with Crippen molar-refractivity contribution >= 4 is 36.7 Å². The minimum atomic E-state index is -4.65. The second-order valence-electron chi connectivity index (χ2n) is 9.65. The first-order valence-electron chi connectivity index (χ1n) is 11.7. The number of aryl methyl sites for hydroxylation is 1. The zero-order valence-electron chi connectivity index (χ0n) is 21.4. The highest BCUT2D eigenvalue weighted by atomic mass is 28.3. The minimum absolute atomic E-state index is 0.152. The van der Waals surface area contributed by atoms with Gasteiger partial charge in [0.05, 0.1) is 0 Å². The molecule has 0 aliphatic rings. The summed E-state index contributed by atoms with van der Waals surface area (Å²) >= 11 is 0. The number of benzene rings is 1. The molecule has 0 bridgehead atoms. The quantitative estimate of drug-likeness (QED) is 0.249. The molecular weight excluding hydrogens is 509 g/mol. The van der Waals surface area contributed by atoms with Crippen molar-refractivity contribution in [3.8, 4) is 22.6 Å². The molecule has 38 heavy (non-hydrogen) atoms. The Kier molecular flexibility index (Phi) is 7.19. The van der Waals surface area contributed by atoms with E-state index in [-0.39, 0.29) is 5.56 Å². The van der Waals surface area contributed by atoms with Crippen molar-refractivity contribution < 1.29 is 18.0 Å². The molecule has 0 aliphatic heterocycles. The van der Waals surface area contributed by atoms with Crippen molar-refractivity contribution in [2.24, 2.45) is 0 Å². The zero-order valence-corrected chi connectivity index (χ0v) is 22.4. The van der Waals surface area contributed by atoms with E-state index in [1.807, 2.05) is 19.1 Å². The molecule has 0 fully saturated rings. The van der Waals surface area contributed by atoms with E-state index in [1.165, 1.54) is 6.07 Å². The number of anilines is 2. The van der Waals surface area contributed by atoms with Gasteiger partial charge < -0.3 is 10.6 Å². The van der Waals surface area contributed by atoms with Gasteiger partial charge >= 0.3 is 6.18 Å². The summed E-state index contributed by atoms with van der Waals surface area (Å²) in [5.41, 5.74) is 5.90. The molecule has 11 heteroatoms. The molecule has 0 spiro atoms. The highest BCUT2D eigenvalue weighted by Crippen LogP contribution is 2.32. The van der Waals surface area contributed by atoms with Crippen molar-refractivity contribution in [1.29, 1.82) is 0 Å². The number of aromatic nitrogens is 4. The number of nitrogens with one attached hydrogen (secondary N) is 2. The molecule has 194 valence electrons. The maximum absolute atomic E-state index is 13.0. The number of hydrogen-bond donors (Lipinski definition) is 2. The number of carbonyl (C=O) groups is 1. The van der Waals surface area contributed by atoms with Gasteiger partial charge in [-0.25, -0.2) is 9.97 Å². The van der Waals surface area contributed by atoms with Crippen LogP contribution in [0.15, 0.2) is 48.8 Å². The van der Waals surface area contributed by atoms with Crippen LogP contribution in [0.3, 0.4) is 0 Å². The molecule has 3 aromatic heterocycles. The summed E-state index contributed by atoms with van der Waals surface area (Å²) in [6.45, 7) is 8.31. The summed E-state index contributed by atoms with van der Waals surface area (Å²) < 4.78 is 39.1. The van der Waals surface area contributed by atoms with Crippen LogP contribution >= 0.6 is 0 Å². The number of rotatable bonds is 4. The van der Waals surface area contributed by atoms with E-state index in [9.17, 15) is 18.0 Å². The Labute approximate surface area is 219 Å². The Hall–Kier alpha value is -4.30. The van der Waals surface area contributed by atoms with E-state index >= 15 is 0 Å². The lowest BCUT2D eigenvalue weighted by molar-refractivity contribution is -0.141. The summed E-state index contributed by atoms with van der Waals surface area (Å²) in [7, 11) is -0.0168. The lowest BCUT2D eigenvalue weighted by Gasteiger charge is -2.14. The van der Waals surface area contributed by atoms with Crippen LogP contribution in [-0.4, -0.2) is 41.0 Å². The molecule has 1 amide bonds. The summed E-state index contributed by atoms with van der Waals surface area (Å²) in [5.74, 6) is 2.99. The lowest BCUT2D eigenvalue weighted by Crippen LogP contribution is -2.16. The highest BCUT2D eigenvalue weighted by molar-refractivity contribution is 6.83. The number of hydrogen-bond acceptors (Lipinski definition) is 6. The molecule has 7 nitrogen and oxygen atoms in total. The number of alkyl halides is 3. The van der Waals surface area contributed by atoms with E-state index in [2.05, 4.69) is 56.7 Å². The first kappa shape index (κ1) is 26.8. The fourth-order valence-corrected chi connectivity index (χ4v) is 4.04. The van der Waals surface area contributed by atoms with Gasteiger partial charge in [-0.15, -0.1) is 5.54 Å². The Morgan fingerprint density at radius 1 is 1.00 bits per heavy atom. The Balaban J connectivity index is 1.78. The molecule has 0 aliphatic carbocycles. The molecule has 0 unspecified atom stereocenters. The molecule has 4 rings (SSSR count). The summed E-state index contributed by atoms with van der Waals surface area (Å²) in [6.07, 6.45) is -2.02. The van der Waals surface area contributed by atoms with Crippen LogP contribution in [0.25, 0.3) is 22.2 Å². The van der Waals surface area contributed by atoms with Gasteiger partial charge in [-0.1, -0.05) is 31.6 Å². The normalized spacial score (nSPS) is 11.6. The average molecular weight is 535 g/mol. The van der Waals surface area contributed by atoms with E-state index in [0.717, 1.165) is 29.0 Å². The van der Waals surface area contributed by atoms with E-state index in [1.54, 1.807) is 25.4 Å². The van der Waals surface area contributed by atoms with Gasteiger partial charge in [0, 0.05) is 41.6 Å². The van der Waals surface area contributed by atoms with Crippen molar-refractivity contribution in [2.75, 3.05) is 17.7 Å². The molecule has 2 N–H and O–H groups in total. The second-order valence-corrected chi connectivity index (χ2v) is 14.4. The summed E-state index contributed by atoms with van der Waals surface area (Å²) in [5, 5.41) is 6.30. The van der Waals surface area contributed by atoms with Gasteiger partial charge in [-0.3, -0.25) is 9.78 Å². The van der Waals surface area contributed by atoms with Crippen molar-refractivity contribution in [2.45, 2.75) is 32.7 Å². The number of amides is 1. The van der Waals surface area contributed by atoms with Crippen LogP contribution in [0, 0.1) is 18.4 Å². The summed E-state index contributed by atoms with van der Waals surface area (Å²) in [6, 6.07) is 9.12. The zero-order chi connectivity index (χ0) is 27.7. The smallest absolute Gasteiger partial charge is 0.357 e. The first-order valence-corrected chi connectivity index (χ1v) is 15.2. The van der Waals surface area contributed by atoms with Crippen LogP contribution in [0.4, 0.5) is 24.8 Å². The number of pyridine rings is 2. The molecule has 0 radical (unpaired) electrons. The topological polar surface area (TPSA) is 92.7 Å². The molecule has 0 saturated carbocycles. The molecule has 1 aromatic carbocycles. The Morgan fingerprint density at radius 2 is 1.76 bits per heavy atom. The first-order chi connectivity index (χ1) is 17.8. The van der Waals surface area contributed by atoms with Gasteiger partial charge in [-0.05, 0) is 48.4 Å². The second kappa shape index (κ2) is 10.2. The Bertz CT molecular complexity index is 1600. The molecule has 4 aromatic rings. The number of carbonyl (C=O) groups excluding carboxylic acids is 1. The van der Waals surface area contributed by atoms with Crippen molar-refractivity contribution in [3.05, 3.63) is 71.3 Å². The third kappa shape index (κ3) is 6.15. The van der Waals surface area contributed by atoms with Gasteiger partial charge in [0.25, 0.3) is 5.91 Å². The average Bonchev–Trinajstić information content (AvgIpc) is 2.86. The van der Waals surface area contributed by atoms with Crippen molar-refractivity contribution in [1.82, 2.24) is 19.9 Å². The van der Waals surface area contributed by atoms with Gasteiger partial charge in [0.2, 0.25) is 5.95 Å². The lowest BCUT2D eigenvalue weighted by atomic mass is 9.97. The molecule has 0 atom stereocenters. The molecule has 0 saturated heterocycles. The predicted molar refractivity (Wildman–Crippen MR) is 144 cm³/mol. The third-order valence-corrected chi connectivity index (χ3v) is 6.32. The fourth-order valence-electron chi connectivity index (χ4n) is 3.55. The minimum Gasteiger partial charge on any atom is -0.357 e. The van der Waals surface area contributed by atoms with Crippen molar-refractivity contribution in [3.63, 3.8) is 0 Å². The van der Waals surface area contributed by atoms with Gasteiger partial charge in [0.15, 0.2) is 5.65 Å². The monoisotopic (exact) mass is 534 g/mol. The largest absolute Gasteiger partial charge is 0.433 e. The van der Waals surface area contributed by atoms with E-state index < -0.39 is 25.9 Å². The fraction of sp³-hybridized carbons (Fsp3) is 0.222. The number of halogens is 3. The summed E-state index contributed by atoms with van der Waals surface area (Å²) in [4.78, 5) is 29.5. The maximum Gasteiger partial charge on any atom is 0.433 e.